The Bertz CT molecular complexity index is 420. The summed E-state index contributed by atoms with van der Waals surface area (Å²) in [5, 5.41) is 7.53. The van der Waals surface area contributed by atoms with Gasteiger partial charge in [-0.3, -0.25) is 0 Å². The van der Waals surface area contributed by atoms with Gasteiger partial charge in [0.2, 0.25) is 0 Å². The molecule has 0 saturated carbocycles. The third-order valence-corrected chi connectivity index (χ3v) is 1.77. The van der Waals surface area contributed by atoms with Crippen molar-refractivity contribution in [2.45, 2.75) is 0 Å². The van der Waals surface area contributed by atoms with E-state index in [9.17, 15) is 0 Å². The molecule has 66 valence electrons. The van der Waals surface area contributed by atoms with Gasteiger partial charge in [-0.25, -0.2) is 4.68 Å². The summed E-state index contributed by atoms with van der Waals surface area (Å²) >= 11 is 0. The molecule has 1 aromatic heterocycles. The van der Waals surface area contributed by atoms with Crippen molar-refractivity contribution in [3.05, 3.63) is 30.6 Å². The Morgan fingerprint density at radius 3 is 2.62 bits per heavy atom. The van der Waals surface area contributed by atoms with Gasteiger partial charge in [0.25, 0.3) is 0 Å². The van der Waals surface area contributed by atoms with Crippen molar-refractivity contribution in [3.63, 3.8) is 0 Å². The van der Waals surface area contributed by atoms with E-state index in [1.165, 1.54) is 11.0 Å². The maximum Gasteiger partial charge on any atom is 0.184 e. The van der Waals surface area contributed by atoms with Crippen molar-refractivity contribution < 1.29 is 0 Å². The maximum atomic E-state index is 5.74. The van der Waals surface area contributed by atoms with Crippen LogP contribution in [-0.4, -0.2) is 14.9 Å². The SMILES string of the molecule is Nc1ccccc1-c1nncn1N. The monoisotopic (exact) mass is 175 g/mol. The van der Waals surface area contributed by atoms with Gasteiger partial charge in [0.05, 0.1) is 0 Å². The van der Waals surface area contributed by atoms with E-state index in [1.807, 2.05) is 18.2 Å². The highest BCUT2D eigenvalue weighted by Gasteiger charge is 2.06. The van der Waals surface area contributed by atoms with Crippen molar-refractivity contribution in [2.75, 3.05) is 11.6 Å². The first-order valence-electron chi connectivity index (χ1n) is 3.79. The summed E-state index contributed by atoms with van der Waals surface area (Å²) in [6.45, 7) is 0. The molecule has 0 fully saturated rings. The van der Waals surface area contributed by atoms with E-state index in [1.54, 1.807) is 6.07 Å². The molecule has 2 aromatic rings. The van der Waals surface area contributed by atoms with E-state index in [-0.39, 0.29) is 0 Å². The van der Waals surface area contributed by atoms with Crippen LogP contribution < -0.4 is 11.6 Å². The van der Waals surface area contributed by atoms with Crippen LogP contribution in [-0.2, 0) is 0 Å². The van der Waals surface area contributed by atoms with Gasteiger partial charge in [0.1, 0.15) is 6.33 Å². The summed E-state index contributed by atoms with van der Waals surface area (Å²) in [6.07, 6.45) is 1.43. The molecular weight excluding hydrogens is 166 g/mol. The highest BCUT2D eigenvalue weighted by molar-refractivity contribution is 5.71. The Kier molecular flexibility index (Phi) is 1.63. The molecule has 0 aliphatic carbocycles. The van der Waals surface area contributed by atoms with E-state index in [2.05, 4.69) is 10.2 Å². The van der Waals surface area contributed by atoms with E-state index in [0.717, 1.165) is 5.56 Å². The Morgan fingerprint density at radius 1 is 1.23 bits per heavy atom. The lowest BCUT2D eigenvalue weighted by Gasteiger charge is -2.02. The molecule has 0 atom stereocenters. The summed E-state index contributed by atoms with van der Waals surface area (Å²) in [5.41, 5.74) is 7.18. The van der Waals surface area contributed by atoms with E-state index in [0.29, 0.717) is 11.5 Å². The van der Waals surface area contributed by atoms with Crippen LogP contribution in [0.15, 0.2) is 30.6 Å². The minimum absolute atomic E-state index is 0.568. The largest absolute Gasteiger partial charge is 0.398 e. The maximum absolute atomic E-state index is 5.74. The van der Waals surface area contributed by atoms with Crippen LogP contribution in [0.2, 0.25) is 0 Å². The Hall–Kier alpha value is -2.04. The summed E-state index contributed by atoms with van der Waals surface area (Å²) in [5.74, 6) is 6.15. The molecule has 0 aliphatic rings. The van der Waals surface area contributed by atoms with Crippen molar-refractivity contribution in [2.24, 2.45) is 0 Å². The molecule has 0 spiro atoms. The molecule has 4 N–H and O–H groups in total. The third-order valence-electron chi connectivity index (χ3n) is 1.77. The molecule has 5 heteroatoms. The lowest BCUT2D eigenvalue weighted by molar-refractivity contribution is 1.01. The van der Waals surface area contributed by atoms with Gasteiger partial charge in [0, 0.05) is 11.3 Å². The van der Waals surface area contributed by atoms with Crippen LogP contribution in [0, 0.1) is 0 Å². The normalized spacial score (nSPS) is 10.2. The van der Waals surface area contributed by atoms with Crippen LogP contribution in [0.3, 0.4) is 0 Å². The molecule has 2 rings (SSSR count). The molecule has 0 unspecified atom stereocenters. The summed E-state index contributed by atoms with van der Waals surface area (Å²) in [4.78, 5) is 0. The van der Waals surface area contributed by atoms with Crippen LogP contribution in [0.5, 0.6) is 0 Å². The molecule has 1 aromatic carbocycles. The van der Waals surface area contributed by atoms with Crippen LogP contribution in [0.4, 0.5) is 5.69 Å². The number of nitrogens with zero attached hydrogens (tertiary/aromatic N) is 3. The molecule has 5 nitrogen and oxygen atoms in total. The lowest BCUT2D eigenvalue weighted by Crippen LogP contribution is -2.09. The van der Waals surface area contributed by atoms with Gasteiger partial charge in [-0.05, 0) is 12.1 Å². The fourth-order valence-corrected chi connectivity index (χ4v) is 1.14. The van der Waals surface area contributed by atoms with E-state index in [4.69, 9.17) is 11.6 Å². The number of para-hydroxylation sites is 1. The van der Waals surface area contributed by atoms with Crippen LogP contribution in [0.25, 0.3) is 11.4 Å². The predicted octanol–water partition coefficient (Wildman–Crippen LogP) is 0.241. The minimum atomic E-state index is 0.568. The zero-order valence-corrected chi connectivity index (χ0v) is 6.88. The molecule has 0 amide bonds. The number of anilines is 1. The quantitative estimate of drug-likeness (QED) is 0.480. The zero-order chi connectivity index (χ0) is 9.26. The van der Waals surface area contributed by atoms with Gasteiger partial charge in [0.15, 0.2) is 5.82 Å². The summed E-state index contributed by atoms with van der Waals surface area (Å²) in [6, 6.07) is 7.38. The fraction of sp³-hybridized carbons (Fsp3) is 0. The summed E-state index contributed by atoms with van der Waals surface area (Å²) < 4.78 is 1.34. The van der Waals surface area contributed by atoms with Crippen molar-refractivity contribution in [1.82, 2.24) is 14.9 Å². The minimum Gasteiger partial charge on any atom is -0.398 e. The lowest BCUT2D eigenvalue weighted by atomic mass is 10.2. The predicted molar refractivity (Wildman–Crippen MR) is 50.0 cm³/mol. The first-order valence-corrected chi connectivity index (χ1v) is 3.79. The molecular formula is C8H9N5. The second-order valence-corrected chi connectivity index (χ2v) is 2.65. The van der Waals surface area contributed by atoms with Gasteiger partial charge in [-0.2, -0.15) is 0 Å². The van der Waals surface area contributed by atoms with Crippen molar-refractivity contribution >= 4 is 5.69 Å². The first kappa shape index (κ1) is 7.60. The molecule has 13 heavy (non-hydrogen) atoms. The number of nitrogens with two attached hydrogens (primary N) is 2. The van der Waals surface area contributed by atoms with Crippen molar-refractivity contribution in [3.8, 4) is 11.4 Å². The third kappa shape index (κ3) is 1.20. The summed E-state index contributed by atoms with van der Waals surface area (Å²) in [7, 11) is 0. The van der Waals surface area contributed by atoms with Gasteiger partial charge in [-0.1, -0.05) is 12.1 Å². The Morgan fingerprint density at radius 2 is 2.00 bits per heavy atom. The Labute approximate surface area is 75.0 Å². The fourth-order valence-electron chi connectivity index (χ4n) is 1.14. The molecule has 0 radical (unpaired) electrons. The smallest absolute Gasteiger partial charge is 0.184 e. The number of hydrogen-bond acceptors (Lipinski definition) is 4. The molecule has 0 saturated heterocycles. The number of hydrogen-bond donors (Lipinski definition) is 2. The van der Waals surface area contributed by atoms with E-state index >= 15 is 0 Å². The highest BCUT2D eigenvalue weighted by Crippen LogP contribution is 2.21. The second-order valence-electron chi connectivity index (χ2n) is 2.65. The molecule has 1 heterocycles. The highest BCUT2D eigenvalue weighted by atomic mass is 15.4. The molecule has 0 aliphatic heterocycles. The number of rotatable bonds is 1. The molecule has 0 bridgehead atoms. The van der Waals surface area contributed by atoms with Crippen molar-refractivity contribution in [1.29, 1.82) is 0 Å². The first-order chi connectivity index (χ1) is 6.29. The van der Waals surface area contributed by atoms with Gasteiger partial charge < -0.3 is 11.6 Å². The second kappa shape index (κ2) is 2.78. The van der Waals surface area contributed by atoms with E-state index < -0.39 is 0 Å². The zero-order valence-electron chi connectivity index (χ0n) is 6.88. The standard InChI is InChI=1S/C8H9N5/c9-7-4-2-1-3-6(7)8-12-11-5-13(8)10/h1-5H,9-10H2. The van der Waals surface area contributed by atoms with Gasteiger partial charge >= 0.3 is 0 Å². The average Bonchev–Trinajstić information content (AvgIpc) is 2.52. The number of benzene rings is 1. The van der Waals surface area contributed by atoms with Crippen LogP contribution in [0.1, 0.15) is 0 Å². The number of nitrogen functional groups attached to an aromatic ring is 2. The average molecular weight is 175 g/mol. The number of aromatic nitrogens is 3. The van der Waals surface area contributed by atoms with Gasteiger partial charge in [-0.15, -0.1) is 10.2 Å². The topological polar surface area (TPSA) is 82.8 Å². The Balaban J connectivity index is 2.59. The van der Waals surface area contributed by atoms with Crippen LogP contribution >= 0.6 is 0 Å².